The number of aliphatic hydroxyl groups excluding tert-OH is 1. The Hall–Kier alpha value is -0.730. The lowest BCUT2D eigenvalue weighted by Crippen LogP contribution is -2.05. The summed E-state index contributed by atoms with van der Waals surface area (Å²) in [6, 6.07) is 7.91. The first-order valence-electron chi connectivity index (χ1n) is 6.01. The van der Waals surface area contributed by atoms with Gasteiger partial charge in [0, 0.05) is 29.2 Å². The van der Waals surface area contributed by atoms with Crippen LogP contribution in [0.25, 0.3) is 0 Å². The van der Waals surface area contributed by atoms with E-state index in [4.69, 9.17) is 5.11 Å². The zero-order chi connectivity index (χ0) is 14.8. The molecule has 2 aromatic rings. The molecule has 0 saturated heterocycles. The molecule has 7 heteroatoms. The van der Waals surface area contributed by atoms with Crippen molar-refractivity contribution < 1.29 is 17.7 Å². The largest absolute Gasteiger partial charge is 0.396 e. The highest BCUT2D eigenvalue weighted by atomic mass is 32.2. The first-order valence-corrected chi connectivity index (χ1v) is 9.59. The molecule has 0 unspecified atom stereocenters. The summed E-state index contributed by atoms with van der Waals surface area (Å²) in [6.45, 7) is 0.500. The fraction of sp³-hybridized carbons (Fsp3) is 0.385. The van der Waals surface area contributed by atoms with Crippen molar-refractivity contribution in [3.63, 3.8) is 0 Å². The standard InChI is InChI=1S/C7H10O3S2.C6H8OS/c1-12(8,9)10-5-4-7-3-2-6-11-7;7-4-3-6-2-1-5-8-6/h2-3,6H,4-5H2,1H3;1-2,5,7H,3-4H2. The summed E-state index contributed by atoms with van der Waals surface area (Å²) in [5, 5.41) is 12.4. The van der Waals surface area contributed by atoms with Crippen LogP contribution < -0.4 is 0 Å². The zero-order valence-corrected chi connectivity index (χ0v) is 13.6. The summed E-state index contributed by atoms with van der Waals surface area (Å²) in [4.78, 5) is 2.39. The van der Waals surface area contributed by atoms with Gasteiger partial charge in [0.15, 0.2) is 0 Å². The fourth-order valence-electron chi connectivity index (χ4n) is 1.31. The minimum absolute atomic E-state index is 0.235. The maximum Gasteiger partial charge on any atom is 0.264 e. The molecule has 0 amide bonds. The molecule has 2 rings (SSSR count). The monoisotopic (exact) mass is 334 g/mol. The summed E-state index contributed by atoms with van der Waals surface area (Å²) in [7, 11) is -3.27. The van der Waals surface area contributed by atoms with Crippen molar-refractivity contribution in [3.8, 4) is 0 Å². The molecule has 0 aromatic carbocycles. The second kappa shape index (κ2) is 9.25. The molecule has 0 aliphatic heterocycles. The molecule has 2 aromatic heterocycles. The molecule has 0 radical (unpaired) electrons. The van der Waals surface area contributed by atoms with Crippen LogP contribution in [0.15, 0.2) is 35.0 Å². The highest BCUT2D eigenvalue weighted by Crippen LogP contribution is 2.09. The van der Waals surface area contributed by atoms with Gasteiger partial charge >= 0.3 is 0 Å². The van der Waals surface area contributed by atoms with Gasteiger partial charge in [-0.05, 0) is 22.9 Å². The normalized spacial score (nSPS) is 10.9. The van der Waals surface area contributed by atoms with Crippen molar-refractivity contribution in [2.75, 3.05) is 19.5 Å². The number of rotatable bonds is 6. The maximum absolute atomic E-state index is 10.5. The zero-order valence-electron chi connectivity index (χ0n) is 11.2. The van der Waals surface area contributed by atoms with E-state index in [1.165, 1.54) is 4.88 Å². The van der Waals surface area contributed by atoms with Gasteiger partial charge in [-0.15, -0.1) is 22.7 Å². The average Bonchev–Trinajstić information content (AvgIpc) is 3.01. The molecule has 1 N–H and O–H groups in total. The Balaban J connectivity index is 0.000000217. The van der Waals surface area contributed by atoms with Gasteiger partial charge in [0.25, 0.3) is 10.1 Å². The Kier molecular flexibility index (Phi) is 8.01. The van der Waals surface area contributed by atoms with Crippen LogP contribution in [0.4, 0.5) is 0 Å². The lowest BCUT2D eigenvalue weighted by atomic mass is 10.4. The van der Waals surface area contributed by atoms with E-state index in [2.05, 4.69) is 4.18 Å². The topological polar surface area (TPSA) is 63.6 Å². The van der Waals surface area contributed by atoms with Gasteiger partial charge in [0.2, 0.25) is 0 Å². The summed E-state index contributed by atoms with van der Waals surface area (Å²) in [5.74, 6) is 0. The van der Waals surface area contributed by atoms with E-state index in [1.807, 2.05) is 35.0 Å². The molecule has 0 spiro atoms. The quantitative estimate of drug-likeness (QED) is 0.825. The van der Waals surface area contributed by atoms with Crippen LogP contribution in [0.1, 0.15) is 9.75 Å². The van der Waals surface area contributed by atoms with Gasteiger partial charge < -0.3 is 5.11 Å². The minimum atomic E-state index is -3.27. The van der Waals surface area contributed by atoms with Crippen molar-refractivity contribution in [3.05, 3.63) is 44.8 Å². The molecule has 0 atom stereocenters. The first kappa shape index (κ1) is 17.3. The summed E-state index contributed by atoms with van der Waals surface area (Å²) >= 11 is 3.29. The third-order valence-corrected chi connectivity index (χ3v) is 4.63. The second-order valence-electron chi connectivity index (χ2n) is 3.91. The number of aliphatic hydroxyl groups is 1. The molecule has 0 aliphatic rings. The number of hydrogen-bond acceptors (Lipinski definition) is 6. The highest BCUT2D eigenvalue weighted by molar-refractivity contribution is 7.85. The average molecular weight is 334 g/mol. The predicted octanol–water partition coefficient (Wildman–Crippen LogP) is 2.55. The highest BCUT2D eigenvalue weighted by Gasteiger charge is 2.01. The molecule has 0 aliphatic carbocycles. The lowest BCUT2D eigenvalue weighted by Gasteiger charge is -1.97. The van der Waals surface area contributed by atoms with Gasteiger partial charge in [0.05, 0.1) is 12.9 Å². The van der Waals surface area contributed by atoms with Crippen LogP contribution in [-0.2, 0) is 27.1 Å². The van der Waals surface area contributed by atoms with Gasteiger partial charge in [-0.3, -0.25) is 4.18 Å². The smallest absolute Gasteiger partial charge is 0.264 e. The van der Waals surface area contributed by atoms with Gasteiger partial charge in [-0.2, -0.15) is 8.42 Å². The van der Waals surface area contributed by atoms with Crippen molar-refractivity contribution in [2.24, 2.45) is 0 Å². The van der Waals surface area contributed by atoms with Gasteiger partial charge in [0.1, 0.15) is 0 Å². The predicted molar refractivity (Wildman–Crippen MR) is 83.9 cm³/mol. The van der Waals surface area contributed by atoms with Crippen LogP contribution in [0.5, 0.6) is 0 Å². The molecule has 0 saturated carbocycles. The van der Waals surface area contributed by atoms with E-state index in [1.54, 1.807) is 22.7 Å². The lowest BCUT2D eigenvalue weighted by molar-refractivity contribution is 0.300. The summed E-state index contributed by atoms with van der Waals surface area (Å²) < 4.78 is 25.7. The van der Waals surface area contributed by atoms with E-state index in [9.17, 15) is 8.42 Å². The molecular weight excluding hydrogens is 316 g/mol. The fourth-order valence-corrected chi connectivity index (χ4v) is 3.09. The Morgan fingerprint density at radius 2 is 1.65 bits per heavy atom. The molecule has 112 valence electrons. The molecule has 4 nitrogen and oxygen atoms in total. The molecule has 0 bridgehead atoms. The third-order valence-electron chi connectivity index (χ3n) is 2.16. The molecule has 0 fully saturated rings. The van der Waals surface area contributed by atoms with Crippen molar-refractivity contribution in [1.29, 1.82) is 0 Å². The van der Waals surface area contributed by atoms with Crippen LogP contribution in [0, 0.1) is 0 Å². The maximum atomic E-state index is 10.5. The van der Waals surface area contributed by atoms with Gasteiger partial charge in [-0.25, -0.2) is 0 Å². The van der Waals surface area contributed by atoms with Crippen molar-refractivity contribution >= 4 is 32.8 Å². The van der Waals surface area contributed by atoms with E-state index in [-0.39, 0.29) is 13.2 Å². The van der Waals surface area contributed by atoms with E-state index >= 15 is 0 Å². The van der Waals surface area contributed by atoms with E-state index in [0.29, 0.717) is 6.42 Å². The Morgan fingerprint density at radius 1 is 1.10 bits per heavy atom. The Labute approximate surface area is 127 Å². The number of thiophene rings is 2. The van der Waals surface area contributed by atoms with Crippen LogP contribution in [-0.4, -0.2) is 33.0 Å². The summed E-state index contributed by atoms with van der Waals surface area (Å²) in [6.07, 6.45) is 2.52. The Bertz CT molecular complexity index is 544. The Morgan fingerprint density at radius 3 is 2.05 bits per heavy atom. The minimum Gasteiger partial charge on any atom is -0.396 e. The summed E-state index contributed by atoms with van der Waals surface area (Å²) in [5.41, 5.74) is 0. The SMILES string of the molecule is CS(=O)(=O)OCCc1cccs1.OCCc1cccs1. The van der Waals surface area contributed by atoms with E-state index < -0.39 is 10.1 Å². The third kappa shape index (κ3) is 8.44. The molecular formula is C13H18O4S3. The van der Waals surface area contributed by atoms with E-state index in [0.717, 1.165) is 17.6 Å². The van der Waals surface area contributed by atoms with Crippen LogP contribution in [0.3, 0.4) is 0 Å². The molecule has 20 heavy (non-hydrogen) atoms. The van der Waals surface area contributed by atoms with Crippen molar-refractivity contribution in [2.45, 2.75) is 12.8 Å². The van der Waals surface area contributed by atoms with Crippen LogP contribution in [0.2, 0.25) is 0 Å². The van der Waals surface area contributed by atoms with Crippen molar-refractivity contribution in [1.82, 2.24) is 0 Å². The van der Waals surface area contributed by atoms with Gasteiger partial charge in [-0.1, -0.05) is 12.1 Å². The van der Waals surface area contributed by atoms with Crippen LogP contribution >= 0.6 is 22.7 Å². The number of hydrogen-bond donors (Lipinski definition) is 1. The first-order chi connectivity index (χ1) is 9.51. The second-order valence-corrected chi connectivity index (χ2v) is 7.62. The molecule has 2 heterocycles.